The van der Waals surface area contributed by atoms with E-state index in [-0.39, 0.29) is 6.10 Å². The Morgan fingerprint density at radius 2 is 2.15 bits per heavy atom. The zero-order valence-electron chi connectivity index (χ0n) is 7.13. The number of pyridine rings is 1. The summed E-state index contributed by atoms with van der Waals surface area (Å²) >= 11 is 0. The summed E-state index contributed by atoms with van der Waals surface area (Å²) in [6, 6.07) is 4.36. The van der Waals surface area contributed by atoms with Crippen LogP contribution in [0.4, 0.5) is 5.69 Å². The van der Waals surface area contributed by atoms with Crippen LogP contribution < -0.4 is 5.06 Å². The van der Waals surface area contributed by atoms with E-state index in [2.05, 4.69) is 17.1 Å². The Bertz CT molecular complexity index is 336. The van der Waals surface area contributed by atoms with Gasteiger partial charge in [-0.25, -0.2) is 5.06 Å². The van der Waals surface area contributed by atoms with Gasteiger partial charge in [0.05, 0.1) is 11.7 Å². The molecular weight excluding hydrogens is 164 g/mol. The summed E-state index contributed by atoms with van der Waals surface area (Å²) in [5.74, 6) is 0. The van der Waals surface area contributed by atoms with E-state index in [1.54, 1.807) is 12.4 Å². The Morgan fingerprint density at radius 3 is 2.77 bits per heavy atom. The molecule has 0 aromatic carbocycles. The van der Waals surface area contributed by atoms with Gasteiger partial charge in [-0.05, 0) is 12.1 Å². The van der Waals surface area contributed by atoms with Gasteiger partial charge in [-0.15, -0.1) is 0 Å². The van der Waals surface area contributed by atoms with E-state index < -0.39 is 0 Å². The van der Waals surface area contributed by atoms with Crippen LogP contribution in [0.15, 0.2) is 36.7 Å². The second-order valence-corrected chi connectivity index (χ2v) is 3.36. The van der Waals surface area contributed by atoms with Crippen LogP contribution in [0.25, 0.3) is 0 Å². The van der Waals surface area contributed by atoms with Gasteiger partial charge in [0, 0.05) is 18.8 Å². The maximum atomic E-state index is 5.67. The Kier molecular flexibility index (Phi) is 1.40. The first-order valence-electron chi connectivity index (χ1n) is 4.48. The molecule has 1 aliphatic heterocycles. The molecule has 3 heteroatoms. The maximum absolute atomic E-state index is 5.67. The molecule has 3 rings (SSSR count). The van der Waals surface area contributed by atoms with E-state index in [0.29, 0.717) is 6.04 Å². The molecule has 2 unspecified atom stereocenters. The summed E-state index contributed by atoms with van der Waals surface area (Å²) in [5.41, 5.74) is 1.09. The van der Waals surface area contributed by atoms with Gasteiger partial charge in [-0.2, -0.15) is 0 Å². The predicted molar refractivity (Wildman–Crippen MR) is 49.1 cm³/mol. The molecule has 2 aliphatic rings. The summed E-state index contributed by atoms with van der Waals surface area (Å²) < 4.78 is 0. The Labute approximate surface area is 76.6 Å². The van der Waals surface area contributed by atoms with Crippen LogP contribution in [-0.4, -0.2) is 17.1 Å². The minimum atomic E-state index is 0.290. The van der Waals surface area contributed by atoms with Crippen molar-refractivity contribution in [2.75, 3.05) is 5.06 Å². The van der Waals surface area contributed by atoms with Gasteiger partial charge in [0.2, 0.25) is 0 Å². The van der Waals surface area contributed by atoms with Crippen molar-refractivity contribution >= 4 is 5.69 Å². The van der Waals surface area contributed by atoms with Gasteiger partial charge in [0.25, 0.3) is 0 Å². The summed E-state index contributed by atoms with van der Waals surface area (Å²) in [6.07, 6.45) is 9.28. The standard InChI is InChI=1S/C10H10N2O/c1-2-10-7-9(1)12(13-10)8-3-5-11-6-4-8/h1-6,9-10H,7H2. The van der Waals surface area contributed by atoms with Gasteiger partial charge < -0.3 is 0 Å². The molecule has 2 bridgehead atoms. The maximum Gasteiger partial charge on any atom is 0.106 e. The van der Waals surface area contributed by atoms with Gasteiger partial charge in [-0.1, -0.05) is 12.2 Å². The summed E-state index contributed by atoms with van der Waals surface area (Å²) in [4.78, 5) is 9.64. The van der Waals surface area contributed by atoms with Crippen molar-refractivity contribution in [1.82, 2.24) is 4.98 Å². The number of fused-ring (bicyclic) bond motifs is 2. The van der Waals surface area contributed by atoms with Crippen molar-refractivity contribution in [2.45, 2.75) is 18.6 Å². The second-order valence-electron chi connectivity index (χ2n) is 3.36. The summed E-state index contributed by atoms with van der Waals surface area (Å²) in [6.45, 7) is 0. The first kappa shape index (κ1) is 7.09. The lowest BCUT2D eigenvalue weighted by Gasteiger charge is -2.24. The van der Waals surface area contributed by atoms with Crippen molar-refractivity contribution in [2.24, 2.45) is 0 Å². The van der Waals surface area contributed by atoms with Crippen LogP contribution in [0.2, 0.25) is 0 Å². The molecule has 13 heavy (non-hydrogen) atoms. The zero-order valence-corrected chi connectivity index (χ0v) is 7.13. The van der Waals surface area contributed by atoms with Crippen LogP contribution in [0.3, 0.4) is 0 Å². The molecule has 0 amide bonds. The SMILES string of the molecule is C1=CC2CC1ON2c1ccncc1. The highest BCUT2D eigenvalue weighted by Gasteiger charge is 2.35. The fraction of sp³-hybridized carbons (Fsp3) is 0.300. The molecule has 0 N–H and O–H groups in total. The monoisotopic (exact) mass is 174 g/mol. The Morgan fingerprint density at radius 1 is 1.31 bits per heavy atom. The van der Waals surface area contributed by atoms with Crippen molar-refractivity contribution in [3.63, 3.8) is 0 Å². The van der Waals surface area contributed by atoms with Crippen LogP contribution in [0.5, 0.6) is 0 Å². The zero-order chi connectivity index (χ0) is 8.67. The molecule has 1 aromatic rings. The third kappa shape index (κ3) is 1.04. The van der Waals surface area contributed by atoms with Gasteiger partial charge in [0.15, 0.2) is 0 Å². The highest BCUT2D eigenvalue weighted by molar-refractivity contribution is 5.46. The third-order valence-corrected chi connectivity index (χ3v) is 2.49. The lowest BCUT2D eigenvalue weighted by Crippen LogP contribution is -2.27. The van der Waals surface area contributed by atoms with E-state index >= 15 is 0 Å². The molecule has 2 atom stereocenters. The van der Waals surface area contributed by atoms with Gasteiger partial charge >= 0.3 is 0 Å². The average molecular weight is 174 g/mol. The number of anilines is 1. The van der Waals surface area contributed by atoms with E-state index in [1.807, 2.05) is 17.2 Å². The molecular formula is C10H10N2O. The van der Waals surface area contributed by atoms with Crippen LogP contribution in [0, 0.1) is 0 Å². The number of hydrogen-bond acceptors (Lipinski definition) is 3. The number of aromatic nitrogens is 1. The Balaban J connectivity index is 1.92. The smallest absolute Gasteiger partial charge is 0.106 e. The quantitative estimate of drug-likeness (QED) is 0.604. The summed E-state index contributed by atoms with van der Waals surface area (Å²) in [7, 11) is 0. The van der Waals surface area contributed by atoms with Crippen molar-refractivity contribution < 1.29 is 4.84 Å². The van der Waals surface area contributed by atoms with Crippen LogP contribution >= 0.6 is 0 Å². The van der Waals surface area contributed by atoms with Crippen molar-refractivity contribution in [3.05, 3.63) is 36.7 Å². The normalized spacial score (nSPS) is 30.0. The second kappa shape index (κ2) is 2.57. The van der Waals surface area contributed by atoms with Crippen LogP contribution in [0.1, 0.15) is 6.42 Å². The highest BCUT2D eigenvalue weighted by atomic mass is 16.7. The average Bonchev–Trinajstić information content (AvgIpc) is 2.80. The molecule has 1 aromatic heterocycles. The lowest BCUT2D eigenvalue weighted by molar-refractivity contribution is 0.110. The molecule has 1 saturated heterocycles. The van der Waals surface area contributed by atoms with E-state index in [1.165, 1.54) is 0 Å². The van der Waals surface area contributed by atoms with E-state index in [9.17, 15) is 0 Å². The molecule has 0 saturated carbocycles. The molecule has 2 heterocycles. The van der Waals surface area contributed by atoms with Crippen LogP contribution in [-0.2, 0) is 4.84 Å². The van der Waals surface area contributed by atoms with Gasteiger partial charge in [-0.3, -0.25) is 9.82 Å². The fourth-order valence-corrected chi connectivity index (χ4v) is 1.87. The van der Waals surface area contributed by atoms with E-state index in [4.69, 9.17) is 4.84 Å². The number of hydrogen-bond donors (Lipinski definition) is 0. The molecule has 1 aliphatic carbocycles. The van der Waals surface area contributed by atoms with Crippen molar-refractivity contribution in [3.8, 4) is 0 Å². The number of rotatable bonds is 1. The van der Waals surface area contributed by atoms with Gasteiger partial charge in [0.1, 0.15) is 6.10 Å². The topological polar surface area (TPSA) is 25.4 Å². The van der Waals surface area contributed by atoms with E-state index in [0.717, 1.165) is 12.1 Å². The lowest BCUT2D eigenvalue weighted by atomic mass is 10.2. The molecule has 0 radical (unpaired) electrons. The third-order valence-electron chi connectivity index (χ3n) is 2.49. The fourth-order valence-electron chi connectivity index (χ4n) is 1.87. The minimum Gasteiger partial charge on any atom is -0.265 e. The largest absolute Gasteiger partial charge is 0.265 e. The molecule has 66 valence electrons. The first-order chi connectivity index (χ1) is 6.43. The molecule has 0 spiro atoms. The number of hydroxylamine groups is 1. The predicted octanol–water partition coefficient (Wildman–Crippen LogP) is 1.53. The Hall–Kier alpha value is -1.35. The number of nitrogens with zero attached hydrogens (tertiary/aromatic N) is 2. The first-order valence-corrected chi connectivity index (χ1v) is 4.48. The van der Waals surface area contributed by atoms with Crippen molar-refractivity contribution in [1.29, 1.82) is 0 Å². The molecule has 1 fully saturated rings. The summed E-state index contributed by atoms with van der Waals surface area (Å²) in [5, 5.41) is 1.96. The highest BCUT2D eigenvalue weighted by Crippen LogP contribution is 2.32. The minimum absolute atomic E-state index is 0.290. The molecule has 3 nitrogen and oxygen atoms in total.